The SMILES string of the molecule is COc1cc2c(cc1OC)C1c3ccccc3OCN1CC2. The minimum atomic E-state index is 0.230. The number of benzene rings is 2. The molecule has 2 heterocycles. The van der Waals surface area contributed by atoms with Crippen molar-refractivity contribution >= 4 is 0 Å². The van der Waals surface area contributed by atoms with Crippen molar-refractivity contribution in [2.24, 2.45) is 0 Å². The second kappa shape index (κ2) is 5.21. The molecule has 1 unspecified atom stereocenters. The lowest BCUT2D eigenvalue weighted by molar-refractivity contribution is 0.0674. The summed E-state index contributed by atoms with van der Waals surface area (Å²) in [5.41, 5.74) is 3.84. The number of ether oxygens (including phenoxy) is 3. The summed E-state index contributed by atoms with van der Waals surface area (Å²) in [4.78, 5) is 2.37. The molecule has 22 heavy (non-hydrogen) atoms. The van der Waals surface area contributed by atoms with Crippen LogP contribution in [0.25, 0.3) is 0 Å². The van der Waals surface area contributed by atoms with E-state index in [-0.39, 0.29) is 6.04 Å². The Kier molecular flexibility index (Phi) is 3.19. The Labute approximate surface area is 130 Å². The average Bonchev–Trinajstić information content (AvgIpc) is 2.59. The molecule has 0 aliphatic carbocycles. The lowest BCUT2D eigenvalue weighted by Crippen LogP contribution is -2.41. The van der Waals surface area contributed by atoms with Crippen molar-refractivity contribution in [2.45, 2.75) is 12.5 Å². The number of fused-ring (bicyclic) bond motifs is 5. The minimum Gasteiger partial charge on any atom is -0.493 e. The van der Waals surface area contributed by atoms with Gasteiger partial charge in [-0.1, -0.05) is 18.2 Å². The summed E-state index contributed by atoms with van der Waals surface area (Å²) >= 11 is 0. The van der Waals surface area contributed by atoms with Crippen LogP contribution in [0.3, 0.4) is 0 Å². The Morgan fingerprint density at radius 1 is 1.05 bits per heavy atom. The second-order valence-electron chi connectivity index (χ2n) is 5.68. The van der Waals surface area contributed by atoms with Crippen molar-refractivity contribution < 1.29 is 14.2 Å². The fraction of sp³-hybridized carbons (Fsp3) is 0.333. The van der Waals surface area contributed by atoms with Crippen molar-refractivity contribution in [1.82, 2.24) is 4.90 Å². The molecule has 0 fully saturated rings. The molecule has 1 atom stereocenters. The topological polar surface area (TPSA) is 30.9 Å². The molecule has 0 saturated heterocycles. The van der Waals surface area contributed by atoms with Crippen molar-refractivity contribution in [3.8, 4) is 17.2 Å². The van der Waals surface area contributed by atoms with Crippen LogP contribution >= 0.6 is 0 Å². The van der Waals surface area contributed by atoms with E-state index in [0.717, 1.165) is 30.2 Å². The first-order valence-corrected chi connectivity index (χ1v) is 7.52. The molecule has 0 spiro atoms. The summed E-state index contributed by atoms with van der Waals surface area (Å²) in [5, 5.41) is 0. The predicted octanol–water partition coefficient (Wildman–Crippen LogP) is 3.00. The zero-order valence-electron chi connectivity index (χ0n) is 12.8. The van der Waals surface area contributed by atoms with E-state index >= 15 is 0 Å². The number of nitrogens with zero attached hydrogens (tertiary/aromatic N) is 1. The van der Waals surface area contributed by atoms with Gasteiger partial charge in [0.15, 0.2) is 11.5 Å². The number of hydrogen-bond donors (Lipinski definition) is 0. The van der Waals surface area contributed by atoms with Crippen LogP contribution in [0.4, 0.5) is 0 Å². The van der Waals surface area contributed by atoms with Crippen molar-refractivity contribution in [3.63, 3.8) is 0 Å². The maximum absolute atomic E-state index is 5.88. The average molecular weight is 297 g/mol. The molecule has 2 aliphatic rings. The van der Waals surface area contributed by atoms with Crippen LogP contribution in [0, 0.1) is 0 Å². The van der Waals surface area contributed by atoms with Crippen LogP contribution in [-0.4, -0.2) is 32.4 Å². The largest absolute Gasteiger partial charge is 0.493 e. The third-order valence-corrected chi connectivity index (χ3v) is 4.57. The van der Waals surface area contributed by atoms with Crippen LogP contribution < -0.4 is 14.2 Å². The second-order valence-corrected chi connectivity index (χ2v) is 5.68. The highest BCUT2D eigenvalue weighted by atomic mass is 16.5. The fourth-order valence-electron chi connectivity index (χ4n) is 3.49. The van der Waals surface area contributed by atoms with Crippen molar-refractivity contribution in [1.29, 1.82) is 0 Å². The Bertz CT molecular complexity index is 713. The number of hydrogen-bond acceptors (Lipinski definition) is 4. The molecule has 0 saturated carbocycles. The van der Waals surface area contributed by atoms with Crippen LogP contribution in [0.1, 0.15) is 22.7 Å². The van der Waals surface area contributed by atoms with E-state index in [1.165, 1.54) is 16.7 Å². The van der Waals surface area contributed by atoms with E-state index in [1.54, 1.807) is 14.2 Å². The number of rotatable bonds is 2. The van der Waals surface area contributed by atoms with Gasteiger partial charge in [-0.25, -0.2) is 0 Å². The molecule has 0 radical (unpaired) electrons. The summed E-state index contributed by atoms with van der Waals surface area (Å²) in [5.74, 6) is 2.56. The Hall–Kier alpha value is -2.20. The molecule has 4 rings (SSSR count). The third kappa shape index (κ3) is 1.95. The molecule has 2 aromatic rings. The normalized spacial score (nSPS) is 19.5. The highest BCUT2D eigenvalue weighted by molar-refractivity contribution is 5.53. The maximum atomic E-state index is 5.88. The van der Waals surface area contributed by atoms with Crippen molar-refractivity contribution in [3.05, 3.63) is 53.1 Å². The van der Waals surface area contributed by atoms with Gasteiger partial charge in [0.1, 0.15) is 12.5 Å². The first-order chi connectivity index (χ1) is 10.8. The fourth-order valence-corrected chi connectivity index (χ4v) is 3.49. The van der Waals surface area contributed by atoms with E-state index in [9.17, 15) is 0 Å². The van der Waals surface area contributed by atoms with Gasteiger partial charge in [-0.15, -0.1) is 0 Å². The predicted molar refractivity (Wildman–Crippen MR) is 83.7 cm³/mol. The smallest absolute Gasteiger partial charge is 0.161 e. The molecule has 4 heteroatoms. The van der Waals surface area contributed by atoms with Gasteiger partial charge in [-0.05, 0) is 35.7 Å². The molecule has 0 N–H and O–H groups in total. The lowest BCUT2D eigenvalue weighted by atomic mass is 9.87. The molecule has 0 bridgehead atoms. The molecule has 4 nitrogen and oxygen atoms in total. The molecule has 0 amide bonds. The summed E-state index contributed by atoms with van der Waals surface area (Å²) in [6.45, 7) is 1.62. The molecular formula is C18H19NO3. The molecular weight excluding hydrogens is 278 g/mol. The van der Waals surface area contributed by atoms with Crippen LogP contribution in [0.15, 0.2) is 36.4 Å². The number of methoxy groups -OCH3 is 2. The van der Waals surface area contributed by atoms with Gasteiger partial charge in [0.05, 0.1) is 20.3 Å². The standard InChI is InChI=1S/C18H19NO3/c1-20-16-9-12-7-8-19-11-22-15-6-4-3-5-13(15)18(19)14(12)10-17(16)21-2/h3-6,9-10,18H,7-8,11H2,1-2H3. The van der Waals surface area contributed by atoms with Gasteiger partial charge < -0.3 is 14.2 Å². The van der Waals surface area contributed by atoms with Gasteiger partial charge >= 0.3 is 0 Å². The van der Waals surface area contributed by atoms with Gasteiger partial charge in [0, 0.05) is 12.1 Å². The monoisotopic (exact) mass is 297 g/mol. The zero-order valence-corrected chi connectivity index (χ0v) is 12.8. The Balaban J connectivity index is 1.89. The zero-order chi connectivity index (χ0) is 15.1. The van der Waals surface area contributed by atoms with Gasteiger partial charge in [0.2, 0.25) is 0 Å². The lowest BCUT2D eigenvalue weighted by Gasteiger charge is -2.41. The summed E-state index contributed by atoms with van der Waals surface area (Å²) < 4.78 is 16.8. The molecule has 2 aliphatic heterocycles. The first-order valence-electron chi connectivity index (χ1n) is 7.52. The van der Waals surface area contributed by atoms with Gasteiger partial charge in [-0.2, -0.15) is 0 Å². The van der Waals surface area contributed by atoms with Crippen LogP contribution in [-0.2, 0) is 6.42 Å². The van der Waals surface area contributed by atoms with E-state index in [1.807, 2.05) is 12.1 Å². The van der Waals surface area contributed by atoms with E-state index in [4.69, 9.17) is 14.2 Å². The van der Waals surface area contributed by atoms with Crippen LogP contribution in [0.2, 0.25) is 0 Å². The van der Waals surface area contributed by atoms with E-state index in [2.05, 4.69) is 29.2 Å². The van der Waals surface area contributed by atoms with Crippen molar-refractivity contribution in [2.75, 3.05) is 27.5 Å². The summed E-state index contributed by atoms with van der Waals surface area (Å²) in [6.07, 6.45) is 0.998. The molecule has 2 aromatic carbocycles. The highest BCUT2D eigenvalue weighted by Gasteiger charge is 2.34. The summed E-state index contributed by atoms with van der Waals surface area (Å²) in [6, 6.07) is 12.7. The number of para-hydroxylation sites is 1. The minimum absolute atomic E-state index is 0.230. The van der Waals surface area contributed by atoms with Gasteiger partial charge in [0.25, 0.3) is 0 Å². The summed E-state index contributed by atoms with van der Waals surface area (Å²) in [7, 11) is 3.37. The quantitative estimate of drug-likeness (QED) is 0.852. The maximum Gasteiger partial charge on any atom is 0.161 e. The van der Waals surface area contributed by atoms with E-state index in [0.29, 0.717) is 6.73 Å². The molecule has 0 aromatic heterocycles. The van der Waals surface area contributed by atoms with Crippen LogP contribution in [0.5, 0.6) is 17.2 Å². The van der Waals surface area contributed by atoms with E-state index < -0.39 is 0 Å². The Morgan fingerprint density at radius 3 is 2.64 bits per heavy atom. The van der Waals surface area contributed by atoms with Gasteiger partial charge in [-0.3, -0.25) is 4.90 Å². The highest BCUT2D eigenvalue weighted by Crippen LogP contribution is 2.44. The molecule has 114 valence electrons. The first kappa shape index (κ1) is 13.5. The third-order valence-electron chi connectivity index (χ3n) is 4.57. The Morgan fingerprint density at radius 2 is 1.82 bits per heavy atom.